The molecule has 5 nitrogen and oxygen atoms in total. The van der Waals surface area contributed by atoms with Gasteiger partial charge in [-0.3, -0.25) is 9.59 Å². The fourth-order valence-corrected chi connectivity index (χ4v) is 1.18. The molecule has 1 aromatic carbocycles. The van der Waals surface area contributed by atoms with Crippen LogP contribution in [0.2, 0.25) is 0 Å². The minimum Gasteiger partial charge on any atom is -0.493 e. The number of rotatable bonds is 6. The van der Waals surface area contributed by atoms with Crippen molar-refractivity contribution in [2.75, 3.05) is 6.61 Å². The van der Waals surface area contributed by atoms with Crippen molar-refractivity contribution in [3.05, 3.63) is 29.8 Å². The molecule has 0 heterocycles. The third-order valence-corrected chi connectivity index (χ3v) is 2.26. The lowest BCUT2D eigenvalue weighted by molar-refractivity contribution is -0.136. The second kappa shape index (κ2) is 5.89. The summed E-state index contributed by atoms with van der Waals surface area (Å²) in [6.07, 6.45) is -0.0159. The number of carbonyl (C=O) groups is 2. The first kappa shape index (κ1) is 13.0. The summed E-state index contributed by atoms with van der Waals surface area (Å²) in [6, 6.07) is 6.70. The van der Waals surface area contributed by atoms with E-state index in [0.29, 0.717) is 11.3 Å². The highest BCUT2D eigenvalue weighted by molar-refractivity contribution is 5.76. The number of hydrogen-bond donors (Lipinski definition) is 2. The number of primary amides is 1. The molecule has 0 saturated carbocycles. The number of hydrogen-bond acceptors (Lipinski definition) is 3. The van der Waals surface area contributed by atoms with E-state index >= 15 is 0 Å². The molecular formula is C12H15NO4. The number of amides is 1. The summed E-state index contributed by atoms with van der Waals surface area (Å²) in [5.74, 6) is -1.05. The van der Waals surface area contributed by atoms with Crippen LogP contribution >= 0.6 is 0 Å². The van der Waals surface area contributed by atoms with E-state index in [0.717, 1.165) is 0 Å². The van der Waals surface area contributed by atoms with Crippen molar-refractivity contribution in [2.45, 2.75) is 13.3 Å². The monoisotopic (exact) mass is 237 g/mol. The molecule has 1 aromatic rings. The summed E-state index contributed by atoms with van der Waals surface area (Å²) in [6.45, 7) is 1.90. The molecule has 0 aromatic heterocycles. The molecule has 0 aliphatic carbocycles. The maximum Gasteiger partial charge on any atom is 0.307 e. The van der Waals surface area contributed by atoms with Crippen LogP contribution in [-0.2, 0) is 16.0 Å². The molecule has 1 amide bonds. The number of aliphatic carboxylic acids is 1. The zero-order chi connectivity index (χ0) is 12.8. The largest absolute Gasteiger partial charge is 0.493 e. The van der Waals surface area contributed by atoms with E-state index in [1.54, 1.807) is 31.2 Å². The maximum absolute atomic E-state index is 10.8. The molecule has 1 atom stereocenters. The van der Waals surface area contributed by atoms with E-state index in [1.807, 2.05) is 0 Å². The first-order valence-electron chi connectivity index (χ1n) is 5.22. The Morgan fingerprint density at radius 1 is 1.35 bits per heavy atom. The van der Waals surface area contributed by atoms with Gasteiger partial charge in [0.15, 0.2) is 0 Å². The van der Waals surface area contributed by atoms with Gasteiger partial charge in [-0.25, -0.2) is 0 Å². The fourth-order valence-electron chi connectivity index (χ4n) is 1.18. The van der Waals surface area contributed by atoms with Crippen molar-refractivity contribution < 1.29 is 19.4 Å². The van der Waals surface area contributed by atoms with Gasteiger partial charge in [0, 0.05) is 0 Å². The van der Waals surface area contributed by atoms with Gasteiger partial charge in [0.1, 0.15) is 5.75 Å². The van der Waals surface area contributed by atoms with Crippen molar-refractivity contribution in [3.8, 4) is 5.75 Å². The smallest absolute Gasteiger partial charge is 0.307 e. The Kier molecular flexibility index (Phi) is 4.51. The standard InChI is InChI=1S/C12H15NO4/c1-8(12(13)16)7-17-10-4-2-9(3-5-10)6-11(14)15/h2-5,8H,6-7H2,1H3,(H2,13,16)(H,14,15). The second-order valence-corrected chi connectivity index (χ2v) is 3.83. The Bertz CT molecular complexity index is 399. The van der Waals surface area contributed by atoms with E-state index in [2.05, 4.69) is 0 Å². The van der Waals surface area contributed by atoms with Crippen LogP contribution in [0.3, 0.4) is 0 Å². The highest BCUT2D eigenvalue weighted by Gasteiger charge is 2.09. The first-order valence-corrected chi connectivity index (χ1v) is 5.22. The molecule has 0 radical (unpaired) electrons. The Labute approximate surface area is 99.2 Å². The summed E-state index contributed by atoms with van der Waals surface area (Å²) < 4.78 is 5.34. The number of carbonyl (C=O) groups excluding carboxylic acids is 1. The van der Waals surface area contributed by atoms with Crippen molar-refractivity contribution >= 4 is 11.9 Å². The highest BCUT2D eigenvalue weighted by Crippen LogP contribution is 2.13. The van der Waals surface area contributed by atoms with Crippen molar-refractivity contribution in [2.24, 2.45) is 11.7 Å². The Balaban J connectivity index is 2.51. The summed E-state index contributed by atoms with van der Waals surface area (Å²) in [4.78, 5) is 21.2. The molecule has 1 rings (SSSR count). The van der Waals surface area contributed by atoms with Gasteiger partial charge in [-0.2, -0.15) is 0 Å². The Morgan fingerprint density at radius 3 is 2.41 bits per heavy atom. The fraction of sp³-hybridized carbons (Fsp3) is 0.333. The third-order valence-electron chi connectivity index (χ3n) is 2.26. The minimum absolute atomic E-state index is 0.0159. The van der Waals surface area contributed by atoms with E-state index < -0.39 is 11.9 Å². The van der Waals surface area contributed by atoms with Gasteiger partial charge >= 0.3 is 5.97 Å². The molecular weight excluding hydrogens is 222 g/mol. The van der Waals surface area contributed by atoms with Crippen LogP contribution in [0.15, 0.2) is 24.3 Å². The number of nitrogens with two attached hydrogens (primary N) is 1. The van der Waals surface area contributed by atoms with Gasteiger partial charge in [-0.05, 0) is 17.7 Å². The van der Waals surface area contributed by atoms with Crippen LogP contribution in [-0.4, -0.2) is 23.6 Å². The minimum atomic E-state index is -0.874. The lowest BCUT2D eigenvalue weighted by Crippen LogP contribution is -2.25. The second-order valence-electron chi connectivity index (χ2n) is 3.83. The molecule has 0 spiro atoms. The average Bonchev–Trinajstić information content (AvgIpc) is 2.26. The number of carboxylic acids is 1. The summed E-state index contributed by atoms with van der Waals surface area (Å²) in [7, 11) is 0. The molecule has 1 unspecified atom stereocenters. The van der Waals surface area contributed by atoms with E-state index in [9.17, 15) is 9.59 Å². The summed E-state index contributed by atoms with van der Waals surface area (Å²) >= 11 is 0. The molecule has 0 fully saturated rings. The quantitative estimate of drug-likeness (QED) is 0.766. The predicted molar refractivity (Wildman–Crippen MR) is 61.6 cm³/mol. The number of carboxylic acid groups (broad SMARTS) is 1. The van der Waals surface area contributed by atoms with Crippen LogP contribution in [0.5, 0.6) is 5.75 Å². The zero-order valence-electron chi connectivity index (χ0n) is 9.55. The van der Waals surface area contributed by atoms with Gasteiger partial charge in [-0.1, -0.05) is 19.1 Å². The van der Waals surface area contributed by atoms with Crippen LogP contribution in [0.1, 0.15) is 12.5 Å². The molecule has 3 N–H and O–H groups in total. The maximum atomic E-state index is 10.8. The van der Waals surface area contributed by atoms with Crippen LogP contribution in [0, 0.1) is 5.92 Å². The molecule has 0 saturated heterocycles. The van der Waals surface area contributed by atoms with Crippen molar-refractivity contribution in [1.82, 2.24) is 0 Å². The SMILES string of the molecule is CC(COc1ccc(CC(=O)O)cc1)C(N)=O. The molecule has 0 aliphatic rings. The average molecular weight is 237 g/mol. The van der Waals surface area contributed by atoms with Gasteiger partial charge in [0.25, 0.3) is 0 Å². The van der Waals surface area contributed by atoms with Gasteiger partial charge in [0.05, 0.1) is 18.9 Å². The normalized spacial score (nSPS) is 11.8. The van der Waals surface area contributed by atoms with Gasteiger partial charge in [-0.15, -0.1) is 0 Å². The number of benzene rings is 1. The lowest BCUT2D eigenvalue weighted by atomic mass is 10.1. The van der Waals surface area contributed by atoms with Crippen molar-refractivity contribution in [1.29, 1.82) is 0 Å². The third kappa shape index (κ3) is 4.55. The first-order chi connectivity index (χ1) is 7.99. The van der Waals surface area contributed by atoms with Crippen LogP contribution in [0.4, 0.5) is 0 Å². The van der Waals surface area contributed by atoms with Crippen LogP contribution in [0.25, 0.3) is 0 Å². The van der Waals surface area contributed by atoms with Gasteiger partial charge < -0.3 is 15.6 Å². The molecule has 5 heteroatoms. The van der Waals surface area contributed by atoms with Gasteiger partial charge in [0.2, 0.25) is 5.91 Å². The van der Waals surface area contributed by atoms with E-state index in [-0.39, 0.29) is 18.9 Å². The molecule has 17 heavy (non-hydrogen) atoms. The predicted octanol–water partition coefficient (Wildman–Crippen LogP) is 0.814. The Morgan fingerprint density at radius 2 is 1.94 bits per heavy atom. The van der Waals surface area contributed by atoms with Crippen LogP contribution < -0.4 is 10.5 Å². The van der Waals surface area contributed by atoms with Crippen molar-refractivity contribution in [3.63, 3.8) is 0 Å². The molecule has 0 bridgehead atoms. The molecule has 0 aliphatic heterocycles. The number of ether oxygens (including phenoxy) is 1. The molecule has 92 valence electrons. The summed E-state index contributed by atoms with van der Waals surface area (Å²) in [5, 5.41) is 8.59. The Hall–Kier alpha value is -2.04. The summed E-state index contributed by atoms with van der Waals surface area (Å²) in [5.41, 5.74) is 5.80. The van der Waals surface area contributed by atoms with E-state index in [4.69, 9.17) is 15.6 Å². The topological polar surface area (TPSA) is 89.6 Å². The lowest BCUT2D eigenvalue weighted by Gasteiger charge is -2.10. The highest BCUT2D eigenvalue weighted by atomic mass is 16.5. The zero-order valence-corrected chi connectivity index (χ0v) is 9.55. The van der Waals surface area contributed by atoms with E-state index in [1.165, 1.54) is 0 Å².